The molecule has 3 heterocycles. The molecule has 2 aliphatic rings. The maximum absolute atomic E-state index is 12.9. The number of carbonyl (C=O) groups is 4. The Labute approximate surface area is 212 Å². The van der Waals surface area contributed by atoms with Crippen LogP contribution in [-0.2, 0) is 24.0 Å². The average molecular weight is 533 g/mol. The van der Waals surface area contributed by atoms with Crippen molar-refractivity contribution in [2.75, 3.05) is 30.9 Å². The predicted octanol–water partition coefficient (Wildman–Crippen LogP) is 0.254. The van der Waals surface area contributed by atoms with Crippen LogP contribution in [0.4, 0.5) is 10.8 Å². The molecule has 15 heteroatoms. The summed E-state index contributed by atoms with van der Waals surface area (Å²) in [5.74, 6) is -3.21. The minimum atomic E-state index is -1.35. The van der Waals surface area contributed by atoms with Gasteiger partial charge in [0.25, 0.3) is 11.8 Å². The van der Waals surface area contributed by atoms with Gasteiger partial charge in [-0.2, -0.15) is 0 Å². The zero-order chi connectivity index (χ0) is 26.0. The number of carbonyl (C=O) groups excluding carboxylic acids is 3. The predicted molar refractivity (Wildman–Crippen MR) is 131 cm³/mol. The van der Waals surface area contributed by atoms with Gasteiger partial charge in [-0.3, -0.25) is 14.5 Å². The van der Waals surface area contributed by atoms with E-state index in [-0.39, 0.29) is 45.7 Å². The number of nitrogens with one attached hydrogen (secondary N) is 1. The molecule has 2 aliphatic heterocycles. The van der Waals surface area contributed by atoms with Gasteiger partial charge in [0, 0.05) is 22.4 Å². The summed E-state index contributed by atoms with van der Waals surface area (Å²) in [5, 5.41) is 17.1. The number of ether oxygens (including phenoxy) is 1. The third-order valence-electron chi connectivity index (χ3n) is 5.22. The number of aromatic nitrogens is 1. The van der Waals surface area contributed by atoms with Crippen LogP contribution in [0.5, 0.6) is 0 Å². The summed E-state index contributed by atoms with van der Waals surface area (Å²) in [7, 11) is 1.25. The number of oxime groups is 1. The van der Waals surface area contributed by atoms with Crippen LogP contribution < -0.4 is 16.8 Å². The van der Waals surface area contributed by atoms with Crippen LogP contribution >= 0.6 is 23.1 Å². The van der Waals surface area contributed by atoms with Crippen molar-refractivity contribution in [1.82, 2.24) is 15.2 Å². The number of rotatable bonds is 8. The number of thiazole rings is 1. The number of thioether (sulfide) groups is 1. The highest BCUT2D eigenvalue weighted by Crippen LogP contribution is 2.40. The fourth-order valence-corrected chi connectivity index (χ4v) is 5.43. The number of carboxylic acid groups (broad SMARTS) is 1. The zero-order valence-electron chi connectivity index (χ0n) is 18.7. The number of nitrogens with zero attached hydrogens (tertiary/aromatic N) is 3. The van der Waals surface area contributed by atoms with Crippen LogP contribution in [0, 0.1) is 0 Å². The average Bonchev–Trinajstić information content (AvgIpc) is 3.29. The first kappa shape index (κ1) is 25.0. The van der Waals surface area contributed by atoms with Gasteiger partial charge in [0.05, 0.1) is 5.56 Å². The van der Waals surface area contributed by atoms with Gasteiger partial charge in [-0.25, -0.2) is 14.6 Å². The van der Waals surface area contributed by atoms with Gasteiger partial charge in [0.15, 0.2) is 10.8 Å². The van der Waals surface area contributed by atoms with E-state index in [4.69, 9.17) is 21.0 Å². The number of benzene rings is 1. The molecule has 1 fully saturated rings. The fourth-order valence-electron chi connectivity index (χ4n) is 3.55. The highest BCUT2D eigenvalue weighted by atomic mass is 32.2. The molecular formula is C21H20N6O7S2. The van der Waals surface area contributed by atoms with Crippen LogP contribution in [-0.4, -0.2) is 75.3 Å². The van der Waals surface area contributed by atoms with E-state index in [9.17, 15) is 24.3 Å². The maximum Gasteiger partial charge on any atom is 0.352 e. The van der Waals surface area contributed by atoms with E-state index >= 15 is 0 Å². The van der Waals surface area contributed by atoms with Crippen LogP contribution in [0.25, 0.3) is 0 Å². The van der Waals surface area contributed by atoms with Gasteiger partial charge in [-0.1, -0.05) is 5.16 Å². The number of carboxylic acids is 1. The Morgan fingerprint density at radius 2 is 2.00 bits per heavy atom. The Morgan fingerprint density at radius 3 is 2.61 bits per heavy atom. The van der Waals surface area contributed by atoms with E-state index in [1.54, 1.807) is 12.1 Å². The van der Waals surface area contributed by atoms with Gasteiger partial charge in [-0.05, 0) is 24.3 Å². The minimum absolute atomic E-state index is 0.166. The first-order chi connectivity index (χ1) is 17.2. The SMILES string of the molecule is CO/N=C(/C(=O)NC1C(=O)N2C(C(=O)O)=C(COC(=O)c3ccc(N)cc3)CS[C@H]12)c1csc(N)n1. The molecule has 2 atom stereocenters. The molecule has 13 nitrogen and oxygen atoms in total. The summed E-state index contributed by atoms with van der Waals surface area (Å²) in [6.07, 6.45) is 0. The van der Waals surface area contributed by atoms with Gasteiger partial charge in [0.2, 0.25) is 0 Å². The first-order valence-electron chi connectivity index (χ1n) is 10.3. The molecule has 6 N–H and O–H groups in total. The van der Waals surface area contributed by atoms with Gasteiger partial charge >= 0.3 is 11.9 Å². The summed E-state index contributed by atoms with van der Waals surface area (Å²) in [4.78, 5) is 59.8. The topological polar surface area (TPSA) is 200 Å². The lowest BCUT2D eigenvalue weighted by molar-refractivity contribution is -0.150. The molecule has 2 aromatic rings. The second kappa shape index (κ2) is 10.2. The Kier molecular flexibility index (Phi) is 7.12. The second-order valence-electron chi connectivity index (χ2n) is 7.51. The number of amides is 2. The number of aliphatic carboxylic acids is 1. The van der Waals surface area contributed by atoms with E-state index < -0.39 is 35.2 Å². The smallest absolute Gasteiger partial charge is 0.352 e. The number of nitrogens with two attached hydrogens (primary N) is 2. The van der Waals surface area contributed by atoms with Crippen molar-refractivity contribution in [3.63, 3.8) is 0 Å². The second-order valence-corrected chi connectivity index (χ2v) is 9.50. The monoisotopic (exact) mass is 532 g/mol. The molecule has 1 aromatic heterocycles. The van der Waals surface area contributed by atoms with Gasteiger partial charge in [-0.15, -0.1) is 23.1 Å². The highest BCUT2D eigenvalue weighted by Gasteiger charge is 2.54. The lowest BCUT2D eigenvalue weighted by Crippen LogP contribution is -2.71. The molecule has 188 valence electrons. The molecule has 1 unspecified atom stereocenters. The first-order valence-corrected chi connectivity index (χ1v) is 12.2. The number of β-lactam (4-membered cyclic amide) rings is 1. The van der Waals surface area contributed by atoms with Crippen molar-refractivity contribution in [1.29, 1.82) is 0 Å². The standard InChI is InChI=1S/C21H20N6O7S2/c1-33-26-13(12-8-36-21(23)24-12)16(28)25-14-17(29)27-15(19(30)31)10(7-35-18(14)27)6-34-20(32)9-2-4-11(22)5-3-9/h2-5,8,14,18H,6-7,22H2,1H3,(H2,23,24)(H,25,28)(H,30,31)/b26-13+/t14?,18-/m1/s1. The summed E-state index contributed by atoms with van der Waals surface area (Å²) >= 11 is 2.33. The Balaban J connectivity index is 1.46. The molecule has 1 aromatic carbocycles. The van der Waals surface area contributed by atoms with Crippen molar-refractivity contribution in [3.05, 3.63) is 52.2 Å². The minimum Gasteiger partial charge on any atom is -0.477 e. The molecule has 0 spiro atoms. The molecule has 0 aliphatic carbocycles. The fraction of sp³-hybridized carbons (Fsp3) is 0.238. The molecule has 1 saturated heterocycles. The molecular weight excluding hydrogens is 512 g/mol. The van der Waals surface area contributed by atoms with Crippen molar-refractivity contribution in [3.8, 4) is 0 Å². The number of nitrogen functional groups attached to an aromatic ring is 2. The van der Waals surface area contributed by atoms with E-state index in [2.05, 4.69) is 15.5 Å². The van der Waals surface area contributed by atoms with E-state index in [1.807, 2.05) is 0 Å². The third-order valence-corrected chi connectivity index (χ3v) is 7.24. The molecule has 4 rings (SSSR count). The van der Waals surface area contributed by atoms with Crippen LogP contribution in [0.15, 0.2) is 46.1 Å². The largest absolute Gasteiger partial charge is 0.477 e. The highest BCUT2D eigenvalue weighted by molar-refractivity contribution is 8.00. The number of esters is 1. The Hall–Kier alpha value is -4.11. The zero-order valence-corrected chi connectivity index (χ0v) is 20.3. The van der Waals surface area contributed by atoms with E-state index in [1.165, 1.54) is 36.4 Å². The number of anilines is 2. The Bertz CT molecular complexity index is 1290. The van der Waals surface area contributed by atoms with Crippen molar-refractivity contribution >= 4 is 63.4 Å². The summed E-state index contributed by atoms with van der Waals surface area (Å²) in [5.41, 5.74) is 11.9. The number of hydrogen-bond acceptors (Lipinski definition) is 12. The van der Waals surface area contributed by atoms with Gasteiger partial charge < -0.3 is 31.5 Å². The molecule has 0 radical (unpaired) electrons. The van der Waals surface area contributed by atoms with Crippen LogP contribution in [0.1, 0.15) is 16.1 Å². The van der Waals surface area contributed by atoms with Crippen LogP contribution in [0.2, 0.25) is 0 Å². The summed E-state index contributed by atoms with van der Waals surface area (Å²) in [6, 6.07) is 5.05. The normalized spacial score (nSPS) is 19.3. The summed E-state index contributed by atoms with van der Waals surface area (Å²) in [6.45, 7) is -0.318. The summed E-state index contributed by atoms with van der Waals surface area (Å²) < 4.78 is 5.26. The molecule has 2 amide bonds. The van der Waals surface area contributed by atoms with E-state index in [0.29, 0.717) is 5.69 Å². The molecule has 36 heavy (non-hydrogen) atoms. The van der Waals surface area contributed by atoms with E-state index in [0.717, 1.165) is 16.2 Å². The lowest BCUT2D eigenvalue weighted by Gasteiger charge is -2.49. The maximum atomic E-state index is 12.9. The molecule has 0 saturated carbocycles. The van der Waals surface area contributed by atoms with Crippen LogP contribution in [0.3, 0.4) is 0 Å². The van der Waals surface area contributed by atoms with Crippen molar-refractivity contribution < 1.29 is 33.9 Å². The lowest BCUT2D eigenvalue weighted by atomic mass is 10.0. The number of fused-ring (bicyclic) bond motifs is 1. The Morgan fingerprint density at radius 1 is 1.28 bits per heavy atom. The quantitative estimate of drug-likeness (QED) is 0.119. The van der Waals surface area contributed by atoms with Crippen molar-refractivity contribution in [2.24, 2.45) is 5.16 Å². The number of hydrogen-bond donors (Lipinski definition) is 4. The third kappa shape index (κ3) is 4.83. The van der Waals surface area contributed by atoms with Crippen molar-refractivity contribution in [2.45, 2.75) is 11.4 Å². The molecule has 0 bridgehead atoms. The van der Waals surface area contributed by atoms with Gasteiger partial charge in [0.1, 0.15) is 36.5 Å².